The van der Waals surface area contributed by atoms with Crippen LogP contribution in [0.3, 0.4) is 0 Å². The molecule has 0 unspecified atom stereocenters. The molecule has 2 aromatic rings. The van der Waals surface area contributed by atoms with Crippen molar-refractivity contribution in [2.45, 2.75) is 33.6 Å². The summed E-state index contributed by atoms with van der Waals surface area (Å²) < 4.78 is 16.7. The maximum absolute atomic E-state index is 12.9. The first-order valence-electron chi connectivity index (χ1n) is 9.75. The molecule has 1 aromatic heterocycles. The molecule has 0 atom stereocenters. The first-order valence-corrected chi connectivity index (χ1v) is 9.75. The number of hydrogen-bond acceptors (Lipinski definition) is 5. The van der Waals surface area contributed by atoms with E-state index in [0.717, 1.165) is 11.3 Å². The zero-order valence-electron chi connectivity index (χ0n) is 16.5. The van der Waals surface area contributed by atoms with E-state index in [1.807, 2.05) is 25.7 Å². The number of carbonyl (C=O) groups is 2. The number of ketones is 1. The lowest BCUT2D eigenvalue weighted by Gasteiger charge is -2.31. The Hall–Kier alpha value is -2.76. The van der Waals surface area contributed by atoms with Gasteiger partial charge in [-0.15, -0.1) is 0 Å². The van der Waals surface area contributed by atoms with E-state index in [9.17, 15) is 9.59 Å². The summed E-state index contributed by atoms with van der Waals surface area (Å²) >= 11 is 0. The molecule has 1 fully saturated rings. The smallest absolute Gasteiger partial charge is 0.257 e. The Labute approximate surface area is 164 Å². The van der Waals surface area contributed by atoms with Crippen LogP contribution in [0, 0.1) is 26.7 Å². The summed E-state index contributed by atoms with van der Waals surface area (Å²) in [7, 11) is 0. The quantitative estimate of drug-likeness (QED) is 0.756. The number of benzene rings is 1. The Morgan fingerprint density at radius 1 is 0.964 bits per heavy atom. The van der Waals surface area contributed by atoms with Crippen LogP contribution in [0.5, 0.6) is 11.5 Å². The minimum absolute atomic E-state index is 0.00271. The van der Waals surface area contributed by atoms with Crippen molar-refractivity contribution in [1.82, 2.24) is 4.90 Å². The number of furan rings is 1. The lowest BCUT2D eigenvalue weighted by Crippen LogP contribution is -2.40. The summed E-state index contributed by atoms with van der Waals surface area (Å²) in [6.07, 6.45) is 1.32. The summed E-state index contributed by atoms with van der Waals surface area (Å²) in [6, 6.07) is 5.37. The van der Waals surface area contributed by atoms with E-state index >= 15 is 0 Å². The molecule has 3 heterocycles. The van der Waals surface area contributed by atoms with Crippen LogP contribution >= 0.6 is 0 Å². The van der Waals surface area contributed by atoms with Gasteiger partial charge in [0.05, 0.1) is 5.56 Å². The fourth-order valence-electron chi connectivity index (χ4n) is 4.04. The number of rotatable bonds is 3. The van der Waals surface area contributed by atoms with Crippen molar-refractivity contribution in [2.24, 2.45) is 5.92 Å². The van der Waals surface area contributed by atoms with Crippen molar-refractivity contribution in [2.75, 3.05) is 26.3 Å². The summed E-state index contributed by atoms with van der Waals surface area (Å²) in [5.41, 5.74) is 2.21. The van der Waals surface area contributed by atoms with E-state index in [2.05, 4.69) is 0 Å². The fourth-order valence-corrected chi connectivity index (χ4v) is 4.04. The number of ether oxygens (including phenoxy) is 2. The topological polar surface area (TPSA) is 69.0 Å². The van der Waals surface area contributed by atoms with Gasteiger partial charge in [0.2, 0.25) is 0 Å². The molecule has 6 heteroatoms. The predicted octanol–water partition coefficient (Wildman–Crippen LogP) is 3.71. The number of hydrogen-bond donors (Lipinski definition) is 0. The molecule has 0 N–H and O–H groups in total. The number of aryl methyl sites for hydroxylation is 2. The third-order valence-electron chi connectivity index (χ3n) is 5.75. The molecule has 1 aromatic carbocycles. The van der Waals surface area contributed by atoms with Gasteiger partial charge in [0, 0.05) is 30.1 Å². The predicted molar refractivity (Wildman–Crippen MR) is 103 cm³/mol. The number of amides is 1. The molecule has 1 saturated heterocycles. The Morgan fingerprint density at radius 3 is 2.29 bits per heavy atom. The molecule has 28 heavy (non-hydrogen) atoms. The standard InChI is InChI=1S/C22H25NO5/c1-13-14(2)28-15(3)20(13)22(25)23-8-6-16(7-9-23)21(24)17-4-5-18-19(12-17)27-11-10-26-18/h4-5,12,16H,6-11H2,1-3H3. The SMILES string of the molecule is Cc1oc(C)c(C(=O)N2CCC(C(=O)c3ccc4c(c3)OCCO4)CC2)c1C. The summed E-state index contributed by atoms with van der Waals surface area (Å²) in [5.74, 6) is 2.78. The number of piperidine rings is 1. The molecule has 6 nitrogen and oxygen atoms in total. The second kappa shape index (κ2) is 7.34. The molecule has 0 radical (unpaired) electrons. The summed E-state index contributed by atoms with van der Waals surface area (Å²) in [6.45, 7) is 7.78. The van der Waals surface area contributed by atoms with Crippen LogP contribution in [0.2, 0.25) is 0 Å². The Morgan fingerprint density at radius 2 is 1.64 bits per heavy atom. The van der Waals surface area contributed by atoms with Crippen molar-refractivity contribution in [3.05, 3.63) is 46.4 Å². The number of fused-ring (bicyclic) bond motifs is 1. The van der Waals surface area contributed by atoms with E-state index in [4.69, 9.17) is 13.9 Å². The Kier molecular flexibility index (Phi) is 4.87. The third kappa shape index (κ3) is 3.28. The summed E-state index contributed by atoms with van der Waals surface area (Å²) in [4.78, 5) is 27.7. The van der Waals surface area contributed by atoms with Crippen LogP contribution in [-0.2, 0) is 0 Å². The fraction of sp³-hybridized carbons (Fsp3) is 0.455. The van der Waals surface area contributed by atoms with E-state index in [1.54, 1.807) is 18.2 Å². The van der Waals surface area contributed by atoms with Crippen molar-refractivity contribution >= 4 is 11.7 Å². The van der Waals surface area contributed by atoms with Crippen LogP contribution in [0.1, 0.15) is 50.6 Å². The molecule has 0 saturated carbocycles. The Bertz CT molecular complexity index is 921. The van der Waals surface area contributed by atoms with Gasteiger partial charge in [-0.1, -0.05) is 0 Å². The van der Waals surface area contributed by atoms with E-state index < -0.39 is 0 Å². The zero-order chi connectivity index (χ0) is 19.8. The van der Waals surface area contributed by atoms with Gasteiger partial charge in [0.15, 0.2) is 17.3 Å². The molecular formula is C22H25NO5. The number of Topliss-reactive ketones (excluding diaryl/α,β-unsaturated/α-hetero) is 1. The van der Waals surface area contributed by atoms with Crippen LogP contribution in [0.15, 0.2) is 22.6 Å². The maximum atomic E-state index is 12.9. The molecule has 148 valence electrons. The van der Waals surface area contributed by atoms with E-state index in [0.29, 0.717) is 67.5 Å². The van der Waals surface area contributed by atoms with E-state index in [-0.39, 0.29) is 17.6 Å². The normalized spacial score (nSPS) is 16.9. The minimum Gasteiger partial charge on any atom is -0.486 e. The molecule has 2 aliphatic heterocycles. The maximum Gasteiger partial charge on any atom is 0.257 e. The minimum atomic E-state index is -0.0834. The van der Waals surface area contributed by atoms with Gasteiger partial charge in [0.25, 0.3) is 5.91 Å². The highest BCUT2D eigenvalue weighted by molar-refractivity contribution is 5.99. The first kappa shape index (κ1) is 18.6. The van der Waals surface area contributed by atoms with Crippen LogP contribution < -0.4 is 9.47 Å². The van der Waals surface area contributed by atoms with Crippen LogP contribution in [-0.4, -0.2) is 42.9 Å². The highest BCUT2D eigenvalue weighted by Gasteiger charge is 2.31. The molecular weight excluding hydrogens is 358 g/mol. The van der Waals surface area contributed by atoms with Crippen molar-refractivity contribution in [1.29, 1.82) is 0 Å². The number of nitrogens with zero attached hydrogens (tertiary/aromatic N) is 1. The van der Waals surface area contributed by atoms with Gasteiger partial charge in [-0.2, -0.15) is 0 Å². The van der Waals surface area contributed by atoms with Gasteiger partial charge < -0.3 is 18.8 Å². The molecule has 2 aliphatic rings. The number of carbonyl (C=O) groups excluding carboxylic acids is 2. The number of likely N-dealkylation sites (tertiary alicyclic amines) is 1. The average Bonchev–Trinajstić information content (AvgIpc) is 2.98. The highest BCUT2D eigenvalue weighted by Crippen LogP contribution is 2.33. The van der Waals surface area contributed by atoms with Crippen molar-refractivity contribution in [3.8, 4) is 11.5 Å². The van der Waals surface area contributed by atoms with Crippen LogP contribution in [0.25, 0.3) is 0 Å². The third-order valence-corrected chi connectivity index (χ3v) is 5.75. The lowest BCUT2D eigenvalue weighted by molar-refractivity contribution is 0.0648. The van der Waals surface area contributed by atoms with Gasteiger partial charge >= 0.3 is 0 Å². The van der Waals surface area contributed by atoms with Crippen molar-refractivity contribution in [3.63, 3.8) is 0 Å². The Balaban J connectivity index is 1.42. The van der Waals surface area contributed by atoms with Gasteiger partial charge in [-0.3, -0.25) is 9.59 Å². The second-order valence-corrected chi connectivity index (χ2v) is 7.50. The van der Waals surface area contributed by atoms with Crippen LogP contribution in [0.4, 0.5) is 0 Å². The van der Waals surface area contributed by atoms with Gasteiger partial charge in [-0.05, 0) is 51.8 Å². The van der Waals surface area contributed by atoms with Gasteiger partial charge in [-0.25, -0.2) is 0 Å². The molecule has 0 aliphatic carbocycles. The zero-order valence-corrected chi connectivity index (χ0v) is 16.5. The first-order chi connectivity index (χ1) is 13.5. The molecule has 0 bridgehead atoms. The second-order valence-electron chi connectivity index (χ2n) is 7.50. The molecule has 0 spiro atoms. The lowest BCUT2D eigenvalue weighted by atomic mass is 9.88. The van der Waals surface area contributed by atoms with Gasteiger partial charge in [0.1, 0.15) is 24.7 Å². The average molecular weight is 383 g/mol. The van der Waals surface area contributed by atoms with Crippen molar-refractivity contribution < 1.29 is 23.5 Å². The highest BCUT2D eigenvalue weighted by atomic mass is 16.6. The molecule has 1 amide bonds. The summed E-state index contributed by atoms with van der Waals surface area (Å²) in [5, 5.41) is 0. The largest absolute Gasteiger partial charge is 0.486 e. The molecule has 4 rings (SSSR count). The van der Waals surface area contributed by atoms with E-state index in [1.165, 1.54) is 0 Å². The monoisotopic (exact) mass is 383 g/mol.